The molecule has 1 N–H and O–H groups in total. The Bertz CT molecular complexity index is 694. The molecule has 0 unspecified atom stereocenters. The van der Waals surface area contributed by atoms with Crippen LogP contribution in [0.1, 0.15) is 21.7 Å². The van der Waals surface area contributed by atoms with E-state index in [1.54, 1.807) is 17.0 Å². The highest BCUT2D eigenvalue weighted by molar-refractivity contribution is 5.91. The van der Waals surface area contributed by atoms with E-state index < -0.39 is 6.09 Å². The first-order valence-corrected chi connectivity index (χ1v) is 6.97. The highest BCUT2D eigenvalue weighted by Gasteiger charge is 2.23. The molecule has 1 aliphatic rings. The van der Waals surface area contributed by atoms with E-state index in [2.05, 4.69) is 10.1 Å². The predicted octanol–water partition coefficient (Wildman–Crippen LogP) is 2.66. The van der Waals surface area contributed by atoms with Gasteiger partial charge >= 0.3 is 6.09 Å². The number of carbonyl (C=O) groups is 2. The van der Waals surface area contributed by atoms with Crippen LogP contribution >= 0.6 is 0 Å². The van der Waals surface area contributed by atoms with Crippen LogP contribution < -0.4 is 5.32 Å². The third-order valence-electron chi connectivity index (χ3n) is 3.67. The van der Waals surface area contributed by atoms with Crippen LogP contribution in [0.3, 0.4) is 0 Å². The van der Waals surface area contributed by atoms with Crippen LogP contribution in [0.4, 0.5) is 10.5 Å². The molecule has 3 rings (SSSR count). The van der Waals surface area contributed by atoms with Crippen molar-refractivity contribution in [1.82, 2.24) is 4.90 Å². The van der Waals surface area contributed by atoms with E-state index in [4.69, 9.17) is 4.42 Å². The van der Waals surface area contributed by atoms with Gasteiger partial charge in [-0.3, -0.25) is 10.1 Å². The van der Waals surface area contributed by atoms with Gasteiger partial charge in [-0.15, -0.1) is 0 Å². The minimum Gasteiger partial charge on any atom is -0.459 e. The van der Waals surface area contributed by atoms with Gasteiger partial charge in [0.05, 0.1) is 13.4 Å². The monoisotopic (exact) mass is 300 g/mol. The quantitative estimate of drug-likeness (QED) is 0.925. The van der Waals surface area contributed by atoms with Crippen molar-refractivity contribution in [2.75, 3.05) is 19.0 Å². The molecule has 0 spiro atoms. The number of hydrogen-bond acceptors (Lipinski definition) is 4. The summed E-state index contributed by atoms with van der Waals surface area (Å²) in [4.78, 5) is 25.3. The summed E-state index contributed by atoms with van der Waals surface area (Å²) in [7, 11) is 1.32. The molecule has 0 saturated carbocycles. The molecule has 2 heterocycles. The Kier molecular flexibility index (Phi) is 3.82. The number of amides is 2. The van der Waals surface area contributed by atoms with Crippen LogP contribution in [-0.2, 0) is 17.7 Å². The van der Waals surface area contributed by atoms with Gasteiger partial charge in [0, 0.05) is 18.8 Å². The zero-order chi connectivity index (χ0) is 15.5. The maximum Gasteiger partial charge on any atom is 0.411 e. The van der Waals surface area contributed by atoms with E-state index in [-0.39, 0.29) is 5.91 Å². The number of benzene rings is 1. The minimum atomic E-state index is -0.515. The molecule has 0 saturated heterocycles. The molecule has 2 aromatic rings. The van der Waals surface area contributed by atoms with Crippen LogP contribution in [0.2, 0.25) is 0 Å². The van der Waals surface area contributed by atoms with Gasteiger partial charge in [-0.2, -0.15) is 0 Å². The topological polar surface area (TPSA) is 71.8 Å². The Labute approximate surface area is 127 Å². The summed E-state index contributed by atoms with van der Waals surface area (Å²) < 4.78 is 9.74. The van der Waals surface area contributed by atoms with E-state index in [1.165, 1.54) is 18.9 Å². The highest BCUT2D eigenvalue weighted by Crippen LogP contribution is 2.24. The van der Waals surface area contributed by atoms with Gasteiger partial charge in [0.25, 0.3) is 5.91 Å². The van der Waals surface area contributed by atoms with Gasteiger partial charge in [0.15, 0.2) is 5.76 Å². The Hall–Kier alpha value is -2.76. The maximum absolute atomic E-state index is 12.3. The molecule has 0 radical (unpaired) electrons. The Morgan fingerprint density at radius 3 is 2.86 bits per heavy atom. The predicted molar refractivity (Wildman–Crippen MR) is 79.6 cm³/mol. The first-order valence-electron chi connectivity index (χ1n) is 6.97. The smallest absolute Gasteiger partial charge is 0.411 e. The summed E-state index contributed by atoms with van der Waals surface area (Å²) in [5, 5.41) is 2.63. The lowest BCUT2D eigenvalue weighted by Crippen LogP contribution is -2.35. The second-order valence-electron chi connectivity index (χ2n) is 5.05. The average Bonchev–Trinajstić information content (AvgIpc) is 3.07. The SMILES string of the molecule is COC(=O)Nc1ccc2c(c1)CN(C(=O)c1ccco1)CC2. The molecule has 22 heavy (non-hydrogen) atoms. The van der Waals surface area contributed by atoms with Crippen molar-refractivity contribution < 1.29 is 18.7 Å². The highest BCUT2D eigenvalue weighted by atomic mass is 16.5. The lowest BCUT2D eigenvalue weighted by molar-refractivity contribution is 0.0702. The normalized spacial score (nSPS) is 13.4. The molecule has 114 valence electrons. The van der Waals surface area contributed by atoms with E-state index in [9.17, 15) is 9.59 Å². The summed E-state index contributed by atoms with van der Waals surface area (Å²) in [5.74, 6) is 0.217. The fraction of sp³-hybridized carbons (Fsp3) is 0.250. The molecular formula is C16H16N2O4. The summed E-state index contributed by atoms with van der Waals surface area (Å²) in [6.07, 6.45) is 1.75. The number of nitrogens with zero attached hydrogens (tertiary/aromatic N) is 1. The van der Waals surface area contributed by atoms with Crippen LogP contribution in [0.5, 0.6) is 0 Å². The molecule has 0 fully saturated rings. The van der Waals surface area contributed by atoms with Gasteiger partial charge in [0.2, 0.25) is 0 Å². The number of furan rings is 1. The number of rotatable bonds is 2. The molecule has 6 heteroatoms. The van der Waals surface area contributed by atoms with Crippen molar-refractivity contribution in [2.24, 2.45) is 0 Å². The van der Waals surface area contributed by atoms with Crippen molar-refractivity contribution in [1.29, 1.82) is 0 Å². The van der Waals surface area contributed by atoms with E-state index in [0.29, 0.717) is 24.5 Å². The molecule has 1 aromatic carbocycles. The molecule has 0 aliphatic carbocycles. The number of hydrogen-bond donors (Lipinski definition) is 1. The number of ether oxygens (including phenoxy) is 1. The fourth-order valence-corrected chi connectivity index (χ4v) is 2.53. The molecule has 6 nitrogen and oxygen atoms in total. The number of anilines is 1. The molecule has 1 aliphatic heterocycles. The third kappa shape index (κ3) is 2.81. The molecule has 1 aromatic heterocycles. The number of carbonyl (C=O) groups excluding carboxylic acids is 2. The molecule has 2 amide bonds. The zero-order valence-electron chi connectivity index (χ0n) is 12.2. The Morgan fingerprint density at radius 1 is 1.27 bits per heavy atom. The fourth-order valence-electron chi connectivity index (χ4n) is 2.53. The Balaban J connectivity index is 1.77. The molecular weight excluding hydrogens is 284 g/mol. The maximum atomic E-state index is 12.3. The van der Waals surface area contributed by atoms with Gasteiger partial charge in [-0.25, -0.2) is 4.79 Å². The van der Waals surface area contributed by atoms with Crippen LogP contribution in [-0.4, -0.2) is 30.6 Å². The first kappa shape index (κ1) is 14.2. The Morgan fingerprint density at radius 2 is 2.14 bits per heavy atom. The third-order valence-corrected chi connectivity index (χ3v) is 3.67. The van der Waals surface area contributed by atoms with Gasteiger partial charge < -0.3 is 14.1 Å². The summed E-state index contributed by atoms with van der Waals surface area (Å²) in [6.45, 7) is 1.14. The number of methoxy groups -OCH3 is 1. The molecule has 0 atom stereocenters. The van der Waals surface area contributed by atoms with Crippen molar-refractivity contribution in [2.45, 2.75) is 13.0 Å². The van der Waals surface area contributed by atoms with Gasteiger partial charge in [-0.1, -0.05) is 6.07 Å². The van der Waals surface area contributed by atoms with Crippen molar-refractivity contribution in [3.8, 4) is 0 Å². The van der Waals surface area contributed by atoms with Crippen molar-refractivity contribution in [3.63, 3.8) is 0 Å². The minimum absolute atomic E-state index is 0.123. The molecule has 0 bridgehead atoms. The van der Waals surface area contributed by atoms with E-state index in [0.717, 1.165) is 12.0 Å². The second kappa shape index (κ2) is 5.93. The van der Waals surface area contributed by atoms with Gasteiger partial charge in [-0.05, 0) is 41.8 Å². The van der Waals surface area contributed by atoms with Crippen LogP contribution in [0.25, 0.3) is 0 Å². The van der Waals surface area contributed by atoms with E-state index >= 15 is 0 Å². The van der Waals surface area contributed by atoms with Crippen molar-refractivity contribution >= 4 is 17.7 Å². The largest absolute Gasteiger partial charge is 0.459 e. The zero-order valence-corrected chi connectivity index (χ0v) is 12.2. The number of nitrogens with one attached hydrogen (secondary N) is 1. The van der Waals surface area contributed by atoms with E-state index in [1.807, 2.05) is 18.2 Å². The second-order valence-corrected chi connectivity index (χ2v) is 5.05. The average molecular weight is 300 g/mol. The summed E-state index contributed by atoms with van der Waals surface area (Å²) in [5.41, 5.74) is 2.84. The summed E-state index contributed by atoms with van der Waals surface area (Å²) >= 11 is 0. The van der Waals surface area contributed by atoms with Crippen LogP contribution in [0, 0.1) is 0 Å². The number of fused-ring (bicyclic) bond motifs is 1. The van der Waals surface area contributed by atoms with Crippen LogP contribution in [0.15, 0.2) is 41.0 Å². The lowest BCUT2D eigenvalue weighted by atomic mass is 9.99. The van der Waals surface area contributed by atoms with Gasteiger partial charge in [0.1, 0.15) is 0 Å². The lowest BCUT2D eigenvalue weighted by Gasteiger charge is -2.28. The summed E-state index contributed by atoms with van der Waals surface area (Å²) in [6, 6.07) is 9.03. The first-order chi connectivity index (χ1) is 10.7. The van der Waals surface area contributed by atoms with Crippen molar-refractivity contribution in [3.05, 3.63) is 53.5 Å². The standard InChI is InChI=1S/C16H16N2O4/c1-21-16(20)17-13-5-4-11-6-7-18(10-12(11)9-13)15(19)14-3-2-8-22-14/h2-5,8-9H,6-7,10H2,1H3,(H,17,20).